The monoisotopic (exact) mass is 273 g/mol. The minimum Gasteiger partial charge on any atom is -0.480 e. The summed E-state index contributed by atoms with van der Waals surface area (Å²) in [7, 11) is 1.44. The average molecular weight is 273 g/mol. The molecule has 2 aromatic rings. The van der Waals surface area contributed by atoms with Crippen LogP contribution in [0.25, 0.3) is 10.9 Å². The standard InChI is InChI=1S/C14H15N3O3/c1-17(9-12(18)19)14(20)16-8-11-5-2-4-10-6-3-7-15-13(10)11/h2-7H,8-9H2,1H3,(H,16,20)(H,18,19). The summed E-state index contributed by atoms with van der Waals surface area (Å²) in [5, 5.41) is 12.3. The van der Waals surface area contributed by atoms with Gasteiger partial charge in [0.25, 0.3) is 0 Å². The van der Waals surface area contributed by atoms with Crippen molar-refractivity contribution in [1.82, 2.24) is 15.2 Å². The van der Waals surface area contributed by atoms with Crippen LogP contribution in [0.5, 0.6) is 0 Å². The van der Waals surface area contributed by atoms with Crippen molar-refractivity contribution in [2.75, 3.05) is 13.6 Å². The number of carboxylic acid groups (broad SMARTS) is 1. The van der Waals surface area contributed by atoms with E-state index in [0.29, 0.717) is 6.54 Å². The molecular formula is C14H15N3O3. The number of benzene rings is 1. The highest BCUT2D eigenvalue weighted by Crippen LogP contribution is 2.15. The predicted molar refractivity (Wildman–Crippen MR) is 74.2 cm³/mol. The van der Waals surface area contributed by atoms with Gasteiger partial charge in [-0.3, -0.25) is 9.78 Å². The Morgan fingerprint density at radius 3 is 2.80 bits per heavy atom. The highest BCUT2D eigenvalue weighted by Gasteiger charge is 2.11. The minimum absolute atomic E-state index is 0.303. The number of amides is 2. The number of rotatable bonds is 4. The maximum absolute atomic E-state index is 11.7. The van der Waals surface area contributed by atoms with E-state index in [1.807, 2.05) is 30.3 Å². The first-order valence-corrected chi connectivity index (χ1v) is 6.11. The van der Waals surface area contributed by atoms with Crippen LogP contribution in [0.2, 0.25) is 0 Å². The summed E-state index contributed by atoms with van der Waals surface area (Å²) >= 11 is 0. The largest absolute Gasteiger partial charge is 0.480 e. The van der Waals surface area contributed by atoms with E-state index < -0.39 is 12.0 Å². The third-order valence-electron chi connectivity index (χ3n) is 2.87. The molecule has 0 aliphatic carbocycles. The van der Waals surface area contributed by atoms with Crippen LogP contribution in [0.4, 0.5) is 4.79 Å². The SMILES string of the molecule is CN(CC(=O)O)C(=O)NCc1cccc2cccnc12. The van der Waals surface area contributed by atoms with Crippen molar-refractivity contribution in [2.24, 2.45) is 0 Å². The number of para-hydroxylation sites is 1. The Hall–Kier alpha value is -2.63. The molecule has 1 aromatic carbocycles. The van der Waals surface area contributed by atoms with Crippen molar-refractivity contribution in [3.05, 3.63) is 42.1 Å². The number of nitrogens with zero attached hydrogens (tertiary/aromatic N) is 2. The van der Waals surface area contributed by atoms with Crippen LogP contribution in [0.3, 0.4) is 0 Å². The number of likely N-dealkylation sites (N-methyl/N-ethyl adjacent to an activating group) is 1. The second-order valence-electron chi connectivity index (χ2n) is 4.40. The van der Waals surface area contributed by atoms with Crippen molar-refractivity contribution >= 4 is 22.9 Å². The van der Waals surface area contributed by atoms with E-state index in [9.17, 15) is 9.59 Å². The van der Waals surface area contributed by atoms with E-state index in [0.717, 1.165) is 21.4 Å². The van der Waals surface area contributed by atoms with Crippen LogP contribution in [0, 0.1) is 0 Å². The molecule has 6 nitrogen and oxygen atoms in total. The molecule has 0 spiro atoms. The van der Waals surface area contributed by atoms with Gasteiger partial charge in [-0.25, -0.2) is 4.79 Å². The molecule has 0 aliphatic rings. The van der Waals surface area contributed by atoms with Crippen molar-refractivity contribution in [3.8, 4) is 0 Å². The Morgan fingerprint density at radius 1 is 1.30 bits per heavy atom. The van der Waals surface area contributed by atoms with Gasteiger partial charge in [0.2, 0.25) is 0 Å². The predicted octanol–water partition coefficient (Wildman–Crippen LogP) is 1.46. The summed E-state index contributed by atoms with van der Waals surface area (Å²) in [6.45, 7) is -0.0310. The van der Waals surface area contributed by atoms with Crippen LogP contribution in [-0.4, -0.2) is 40.6 Å². The Morgan fingerprint density at radius 2 is 2.05 bits per heavy atom. The van der Waals surface area contributed by atoms with Crippen LogP contribution >= 0.6 is 0 Å². The molecule has 0 atom stereocenters. The van der Waals surface area contributed by atoms with Gasteiger partial charge in [-0.15, -0.1) is 0 Å². The molecule has 0 unspecified atom stereocenters. The summed E-state index contributed by atoms with van der Waals surface area (Å²) in [6, 6.07) is 9.10. The molecule has 104 valence electrons. The quantitative estimate of drug-likeness (QED) is 0.883. The van der Waals surface area contributed by atoms with Gasteiger partial charge in [0.1, 0.15) is 6.54 Å². The fourth-order valence-corrected chi connectivity index (χ4v) is 1.89. The Kier molecular flexibility index (Phi) is 4.14. The first-order chi connectivity index (χ1) is 9.58. The number of hydrogen-bond acceptors (Lipinski definition) is 3. The second-order valence-corrected chi connectivity index (χ2v) is 4.40. The molecule has 2 N–H and O–H groups in total. The lowest BCUT2D eigenvalue weighted by molar-refractivity contribution is -0.137. The molecule has 0 bridgehead atoms. The molecule has 2 amide bonds. The van der Waals surface area contributed by atoms with Crippen LogP contribution in [-0.2, 0) is 11.3 Å². The molecular weight excluding hydrogens is 258 g/mol. The number of pyridine rings is 1. The molecule has 0 saturated carbocycles. The van der Waals surface area contributed by atoms with Crippen LogP contribution in [0.15, 0.2) is 36.5 Å². The molecule has 1 heterocycles. The van der Waals surface area contributed by atoms with Gasteiger partial charge in [0.15, 0.2) is 0 Å². The smallest absolute Gasteiger partial charge is 0.323 e. The summed E-state index contributed by atoms with van der Waals surface area (Å²) in [5.41, 5.74) is 1.72. The van der Waals surface area contributed by atoms with Crippen molar-refractivity contribution in [2.45, 2.75) is 6.54 Å². The van der Waals surface area contributed by atoms with Crippen LogP contribution < -0.4 is 5.32 Å². The number of nitrogens with one attached hydrogen (secondary N) is 1. The fraction of sp³-hybridized carbons (Fsp3) is 0.214. The van der Waals surface area contributed by atoms with E-state index >= 15 is 0 Å². The molecule has 2 rings (SSSR count). The van der Waals surface area contributed by atoms with E-state index in [1.165, 1.54) is 7.05 Å². The minimum atomic E-state index is -1.05. The van der Waals surface area contributed by atoms with Gasteiger partial charge in [-0.05, 0) is 11.6 Å². The lowest BCUT2D eigenvalue weighted by Crippen LogP contribution is -2.39. The number of carboxylic acids is 1. The first kappa shape index (κ1) is 13.8. The summed E-state index contributed by atoms with van der Waals surface area (Å²) < 4.78 is 0. The van der Waals surface area contributed by atoms with Crippen molar-refractivity contribution in [3.63, 3.8) is 0 Å². The Labute approximate surface area is 116 Å². The first-order valence-electron chi connectivity index (χ1n) is 6.11. The number of urea groups is 1. The molecule has 0 aliphatic heterocycles. The fourth-order valence-electron chi connectivity index (χ4n) is 1.89. The summed E-state index contributed by atoms with van der Waals surface area (Å²) in [4.78, 5) is 27.7. The molecule has 1 aromatic heterocycles. The number of carbonyl (C=O) groups is 2. The zero-order valence-corrected chi connectivity index (χ0v) is 11.0. The lowest BCUT2D eigenvalue weighted by Gasteiger charge is -2.15. The van der Waals surface area contributed by atoms with Crippen molar-refractivity contribution < 1.29 is 14.7 Å². The van der Waals surface area contributed by atoms with E-state index in [1.54, 1.807) is 6.20 Å². The topological polar surface area (TPSA) is 82.5 Å². The average Bonchev–Trinajstić information content (AvgIpc) is 2.44. The van der Waals surface area contributed by atoms with Crippen LogP contribution in [0.1, 0.15) is 5.56 Å². The van der Waals surface area contributed by atoms with Gasteiger partial charge in [-0.2, -0.15) is 0 Å². The van der Waals surface area contributed by atoms with Gasteiger partial charge < -0.3 is 15.3 Å². The summed E-state index contributed by atoms with van der Waals surface area (Å²) in [6.07, 6.45) is 1.70. The van der Waals surface area contributed by atoms with E-state index in [2.05, 4.69) is 10.3 Å². The van der Waals surface area contributed by atoms with Crippen molar-refractivity contribution in [1.29, 1.82) is 0 Å². The van der Waals surface area contributed by atoms with Gasteiger partial charge >= 0.3 is 12.0 Å². The Balaban J connectivity index is 2.06. The number of aliphatic carboxylic acids is 1. The second kappa shape index (κ2) is 6.01. The maximum Gasteiger partial charge on any atom is 0.323 e. The lowest BCUT2D eigenvalue weighted by atomic mass is 10.1. The molecule has 6 heteroatoms. The highest BCUT2D eigenvalue weighted by molar-refractivity contribution is 5.83. The van der Waals surface area contributed by atoms with Gasteiger partial charge in [0, 0.05) is 25.2 Å². The number of fused-ring (bicyclic) bond motifs is 1. The number of hydrogen-bond donors (Lipinski definition) is 2. The Bertz CT molecular complexity index is 637. The molecule has 0 fully saturated rings. The van der Waals surface area contributed by atoms with Gasteiger partial charge in [-0.1, -0.05) is 24.3 Å². The zero-order valence-electron chi connectivity index (χ0n) is 11.0. The normalized spacial score (nSPS) is 10.2. The van der Waals surface area contributed by atoms with E-state index in [4.69, 9.17) is 5.11 Å². The third-order valence-corrected chi connectivity index (χ3v) is 2.87. The van der Waals surface area contributed by atoms with Gasteiger partial charge in [0.05, 0.1) is 5.52 Å². The summed E-state index contributed by atoms with van der Waals surface area (Å²) in [5.74, 6) is -1.05. The molecule has 0 radical (unpaired) electrons. The highest BCUT2D eigenvalue weighted by atomic mass is 16.4. The maximum atomic E-state index is 11.7. The zero-order chi connectivity index (χ0) is 14.5. The third kappa shape index (κ3) is 3.23. The number of aromatic nitrogens is 1. The molecule has 20 heavy (non-hydrogen) atoms. The van der Waals surface area contributed by atoms with E-state index in [-0.39, 0.29) is 6.54 Å². The molecule has 0 saturated heterocycles. The number of carbonyl (C=O) groups excluding carboxylic acids is 1.